The van der Waals surface area contributed by atoms with Crippen LogP contribution in [0.4, 0.5) is 0 Å². The molecule has 0 aliphatic heterocycles. The number of carboxylic acid groups (broad SMARTS) is 1. The highest BCUT2D eigenvalue weighted by Gasteiger charge is 2.13. The van der Waals surface area contributed by atoms with Gasteiger partial charge in [0.05, 0.1) is 10.2 Å². The maximum Gasteiger partial charge on any atom is 0.358 e. The summed E-state index contributed by atoms with van der Waals surface area (Å²) in [7, 11) is 1.30. The van der Waals surface area contributed by atoms with Crippen LogP contribution in [0, 0.1) is 0 Å². The van der Waals surface area contributed by atoms with Crippen molar-refractivity contribution in [2.75, 3.05) is 7.11 Å². The first kappa shape index (κ1) is 15.9. The molecular weight excluding hydrogens is 328 g/mol. The fourth-order valence-electron chi connectivity index (χ4n) is 2.14. The summed E-state index contributed by atoms with van der Waals surface area (Å²) in [6.07, 6.45) is 0. The zero-order valence-electron chi connectivity index (χ0n) is 12.8. The van der Waals surface area contributed by atoms with Crippen molar-refractivity contribution in [3.63, 3.8) is 0 Å². The average molecular weight is 342 g/mol. The quantitative estimate of drug-likeness (QED) is 0.549. The van der Waals surface area contributed by atoms with Gasteiger partial charge in [0.25, 0.3) is 0 Å². The number of carboxylic acids is 1. The second-order valence-corrected chi connectivity index (χ2v) is 5.93. The predicted octanol–water partition coefficient (Wildman–Crippen LogP) is 3.31. The van der Waals surface area contributed by atoms with Gasteiger partial charge in [0.2, 0.25) is 0 Å². The van der Waals surface area contributed by atoms with Gasteiger partial charge in [0.1, 0.15) is 24.5 Å². The summed E-state index contributed by atoms with van der Waals surface area (Å²) in [6.45, 7) is 0.358. The topological polar surface area (TPSA) is 81.0 Å². The zero-order valence-corrected chi connectivity index (χ0v) is 13.6. The Kier molecular flexibility index (Phi) is 4.72. The zero-order chi connectivity index (χ0) is 16.9. The van der Waals surface area contributed by atoms with Crippen LogP contribution in [0.1, 0.15) is 10.6 Å². The Morgan fingerprint density at radius 1 is 1.21 bits per heavy atom. The Morgan fingerprint density at radius 3 is 2.62 bits per heavy atom. The number of carbonyl (C=O) groups is 1. The smallest absolute Gasteiger partial charge is 0.358 e. The lowest BCUT2D eigenvalue weighted by Crippen LogP contribution is -2.14. The Balaban J connectivity index is 1.70. The first-order chi connectivity index (χ1) is 11.7. The van der Waals surface area contributed by atoms with E-state index in [2.05, 4.69) is 15.0 Å². The van der Waals surface area contributed by atoms with E-state index < -0.39 is 5.97 Å². The van der Waals surface area contributed by atoms with Gasteiger partial charge in [-0.15, -0.1) is 11.3 Å². The van der Waals surface area contributed by atoms with Gasteiger partial charge in [-0.3, -0.25) is 0 Å². The number of ether oxygens (including phenoxy) is 1. The normalized spacial score (nSPS) is 11.5. The van der Waals surface area contributed by atoms with Gasteiger partial charge in [-0.1, -0.05) is 17.3 Å². The molecule has 0 aliphatic carbocycles. The summed E-state index contributed by atoms with van der Waals surface area (Å²) in [4.78, 5) is 20.2. The number of rotatable bonds is 6. The van der Waals surface area contributed by atoms with E-state index in [9.17, 15) is 4.79 Å². The number of hydrogen-bond acceptors (Lipinski definition) is 6. The van der Waals surface area contributed by atoms with Crippen molar-refractivity contribution in [3.05, 3.63) is 59.1 Å². The number of fused-ring (bicyclic) bond motifs is 1. The molecule has 0 unspecified atom stereocenters. The third kappa shape index (κ3) is 3.52. The van der Waals surface area contributed by atoms with E-state index in [4.69, 9.17) is 9.84 Å². The molecule has 6 nitrogen and oxygen atoms in total. The molecule has 24 heavy (non-hydrogen) atoms. The summed E-state index contributed by atoms with van der Waals surface area (Å²) >= 11 is 1.59. The first-order valence-corrected chi connectivity index (χ1v) is 7.91. The SMILES string of the molecule is CON=C(C(=O)O)c1ccc(OCc2nc3ccccc3s2)cc1. The van der Waals surface area contributed by atoms with E-state index in [1.807, 2.05) is 24.3 Å². The molecule has 0 amide bonds. The van der Waals surface area contributed by atoms with Gasteiger partial charge in [0.15, 0.2) is 5.71 Å². The average Bonchev–Trinajstić information content (AvgIpc) is 3.01. The van der Waals surface area contributed by atoms with E-state index in [1.54, 1.807) is 35.6 Å². The second kappa shape index (κ2) is 7.10. The van der Waals surface area contributed by atoms with Crippen molar-refractivity contribution in [2.24, 2.45) is 5.16 Å². The molecule has 0 aliphatic rings. The number of aliphatic carboxylic acids is 1. The number of nitrogens with zero attached hydrogens (tertiary/aromatic N) is 2. The lowest BCUT2D eigenvalue weighted by molar-refractivity contribution is -0.129. The van der Waals surface area contributed by atoms with Gasteiger partial charge < -0.3 is 14.7 Å². The number of aromatic nitrogens is 1. The van der Waals surface area contributed by atoms with Crippen molar-refractivity contribution < 1.29 is 19.5 Å². The van der Waals surface area contributed by atoms with Gasteiger partial charge in [0, 0.05) is 5.56 Å². The highest BCUT2D eigenvalue weighted by atomic mass is 32.1. The highest BCUT2D eigenvalue weighted by molar-refractivity contribution is 7.18. The van der Waals surface area contributed by atoms with Gasteiger partial charge in [-0.05, 0) is 36.4 Å². The Hall–Kier alpha value is -2.93. The van der Waals surface area contributed by atoms with Crippen LogP contribution in [0.3, 0.4) is 0 Å². The molecule has 0 saturated heterocycles. The number of thiazole rings is 1. The number of para-hydroxylation sites is 1. The molecular formula is C17H14N2O4S. The lowest BCUT2D eigenvalue weighted by atomic mass is 10.1. The largest absolute Gasteiger partial charge is 0.486 e. The van der Waals surface area contributed by atoms with E-state index in [1.165, 1.54) is 7.11 Å². The number of benzene rings is 2. The van der Waals surface area contributed by atoms with Crippen LogP contribution in [0.2, 0.25) is 0 Å². The molecule has 3 rings (SSSR count). The molecule has 0 radical (unpaired) electrons. The minimum absolute atomic E-state index is 0.157. The maximum atomic E-state index is 11.1. The third-order valence-electron chi connectivity index (χ3n) is 3.21. The van der Waals surface area contributed by atoms with Crippen molar-refractivity contribution in [2.45, 2.75) is 6.61 Å². The molecule has 3 aromatic rings. The van der Waals surface area contributed by atoms with Crippen LogP contribution >= 0.6 is 11.3 Å². The monoisotopic (exact) mass is 342 g/mol. The molecule has 0 saturated carbocycles. The molecule has 0 bridgehead atoms. The van der Waals surface area contributed by atoms with Crippen LogP contribution in [0.15, 0.2) is 53.7 Å². The molecule has 1 heterocycles. The Labute approximate surface area is 142 Å². The molecule has 1 aromatic heterocycles. The Bertz CT molecular complexity index is 854. The fourth-order valence-corrected chi connectivity index (χ4v) is 3.02. The van der Waals surface area contributed by atoms with Crippen molar-refractivity contribution in [3.8, 4) is 5.75 Å². The van der Waals surface area contributed by atoms with E-state index in [-0.39, 0.29) is 5.71 Å². The molecule has 0 spiro atoms. The van der Waals surface area contributed by atoms with Crippen LogP contribution in [0.25, 0.3) is 10.2 Å². The standard InChI is InChI=1S/C17H14N2O4S/c1-22-19-16(17(20)21)11-6-8-12(9-7-11)23-10-15-18-13-4-2-3-5-14(13)24-15/h2-9H,10H2,1H3,(H,20,21). The van der Waals surface area contributed by atoms with Crippen LogP contribution in [-0.4, -0.2) is 28.9 Å². The molecule has 0 fully saturated rings. The van der Waals surface area contributed by atoms with Gasteiger partial charge in [-0.25, -0.2) is 9.78 Å². The molecule has 0 atom stereocenters. The summed E-state index contributed by atoms with van der Waals surface area (Å²) in [6, 6.07) is 14.5. The fraction of sp³-hybridized carbons (Fsp3) is 0.118. The van der Waals surface area contributed by atoms with E-state index in [0.29, 0.717) is 17.9 Å². The van der Waals surface area contributed by atoms with Crippen LogP contribution in [-0.2, 0) is 16.2 Å². The number of hydrogen-bond donors (Lipinski definition) is 1. The Morgan fingerprint density at radius 2 is 1.96 bits per heavy atom. The van der Waals surface area contributed by atoms with Gasteiger partial charge in [-0.2, -0.15) is 0 Å². The van der Waals surface area contributed by atoms with Gasteiger partial charge >= 0.3 is 5.97 Å². The lowest BCUT2D eigenvalue weighted by Gasteiger charge is -2.05. The van der Waals surface area contributed by atoms with Crippen molar-refractivity contribution in [1.29, 1.82) is 0 Å². The molecule has 1 N–H and O–H groups in total. The summed E-state index contributed by atoms with van der Waals surface area (Å²) in [5.74, 6) is -0.528. The van der Waals surface area contributed by atoms with Crippen LogP contribution < -0.4 is 4.74 Å². The minimum atomic E-state index is -1.15. The summed E-state index contributed by atoms with van der Waals surface area (Å²) < 4.78 is 6.82. The number of oxime groups is 1. The van der Waals surface area contributed by atoms with E-state index >= 15 is 0 Å². The maximum absolute atomic E-state index is 11.1. The first-order valence-electron chi connectivity index (χ1n) is 7.09. The van der Waals surface area contributed by atoms with E-state index in [0.717, 1.165) is 15.2 Å². The summed E-state index contributed by atoms with van der Waals surface area (Å²) in [5, 5.41) is 13.5. The van der Waals surface area contributed by atoms with Crippen molar-refractivity contribution >= 4 is 33.2 Å². The molecule has 2 aromatic carbocycles. The predicted molar refractivity (Wildman–Crippen MR) is 91.6 cm³/mol. The second-order valence-electron chi connectivity index (χ2n) is 4.82. The van der Waals surface area contributed by atoms with Crippen LogP contribution in [0.5, 0.6) is 5.75 Å². The van der Waals surface area contributed by atoms with Crippen molar-refractivity contribution in [1.82, 2.24) is 4.98 Å². The molecule has 122 valence electrons. The minimum Gasteiger partial charge on any atom is -0.486 e. The summed E-state index contributed by atoms with van der Waals surface area (Å²) in [5.41, 5.74) is 1.24. The molecule has 7 heteroatoms. The third-order valence-corrected chi connectivity index (χ3v) is 4.22. The highest BCUT2D eigenvalue weighted by Crippen LogP contribution is 2.23.